The predicted octanol–water partition coefficient (Wildman–Crippen LogP) is 5.51. The first-order chi connectivity index (χ1) is 24.9. The quantitative estimate of drug-likeness (QED) is 0.163. The minimum absolute atomic E-state index is 0.0987. The van der Waals surface area contributed by atoms with E-state index < -0.39 is 23.8 Å². The van der Waals surface area contributed by atoms with Gasteiger partial charge in [-0.05, 0) is 106 Å². The Hall–Kier alpha value is -4.97. The molecule has 5 heterocycles. The van der Waals surface area contributed by atoms with Crippen molar-refractivity contribution >= 4 is 40.3 Å². The van der Waals surface area contributed by atoms with Gasteiger partial charge in [-0.15, -0.1) is 0 Å². The molecule has 2 aliphatic carbocycles. The third-order valence-electron chi connectivity index (χ3n) is 11.4. The fourth-order valence-corrected chi connectivity index (χ4v) is 8.25. The first kappa shape index (κ1) is 32.0. The second kappa shape index (κ2) is 13.0. The Labute approximate surface area is 295 Å². The number of imide groups is 2. The molecule has 4 fully saturated rings. The van der Waals surface area contributed by atoms with Gasteiger partial charge in [0.2, 0.25) is 11.8 Å². The molecular formula is C39H41N7O5. The van der Waals surface area contributed by atoms with Gasteiger partial charge >= 0.3 is 0 Å². The highest BCUT2D eigenvalue weighted by Crippen LogP contribution is 2.46. The maximum absolute atomic E-state index is 13.2. The minimum atomic E-state index is -0.963. The second-order valence-electron chi connectivity index (χ2n) is 14.8. The summed E-state index contributed by atoms with van der Waals surface area (Å²) in [4.78, 5) is 61.0. The lowest BCUT2D eigenvalue weighted by Crippen LogP contribution is -2.54. The number of carbonyl (C=O) groups excluding carboxylic acids is 4. The summed E-state index contributed by atoms with van der Waals surface area (Å²) in [6.07, 6.45) is 13.0. The van der Waals surface area contributed by atoms with E-state index in [0.717, 1.165) is 96.9 Å². The van der Waals surface area contributed by atoms with E-state index in [1.807, 2.05) is 6.20 Å². The van der Waals surface area contributed by atoms with Gasteiger partial charge in [-0.2, -0.15) is 5.10 Å². The molecule has 4 aromatic rings. The highest BCUT2D eigenvalue weighted by Gasteiger charge is 2.44. The zero-order valence-electron chi connectivity index (χ0n) is 28.5. The van der Waals surface area contributed by atoms with Crippen molar-refractivity contribution in [2.24, 2.45) is 5.92 Å². The van der Waals surface area contributed by atoms with E-state index in [2.05, 4.69) is 39.7 Å². The van der Waals surface area contributed by atoms with Crippen molar-refractivity contribution < 1.29 is 23.9 Å². The summed E-state index contributed by atoms with van der Waals surface area (Å²) in [5.74, 6) is -0.338. The molecule has 51 heavy (non-hydrogen) atoms. The molecule has 2 N–H and O–H groups in total. The molecule has 4 amide bonds. The van der Waals surface area contributed by atoms with Crippen LogP contribution in [0.3, 0.4) is 0 Å². The van der Waals surface area contributed by atoms with Gasteiger partial charge in [0.25, 0.3) is 11.8 Å². The van der Waals surface area contributed by atoms with E-state index in [1.165, 1.54) is 18.4 Å². The molecular weight excluding hydrogens is 646 g/mol. The minimum Gasteiger partial charge on any atom is -0.385 e. The van der Waals surface area contributed by atoms with Crippen molar-refractivity contribution in [3.05, 3.63) is 71.2 Å². The van der Waals surface area contributed by atoms with Gasteiger partial charge in [0.05, 0.1) is 45.8 Å². The lowest BCUT2D eigenvalue weighted by molar-refractivity contribution is -0.136. The third-order valence-corrected chi connectivity index (χ3v) is 11.4. The van der Waals surface area contributed by atoms with Gasteiger partial charge in [0.1, 0.15) is 6.04 Å². The van der Waals surface area contributed by atoms with Crippen LogP contribution in [-0.2, 0) is 14.3 Å². The standard InChI is InChI=1S/C39H41N7O5/c47-35-10-9-34(37(48)43-35)46-38(49)28-7-6-26(19-29(28)39(46)50)40-13-1-2-22-16-27(17-22)45-21-30(36(44-45)24-3-4-24)33-20-41-31-8-5-25(18-32(31)42-33)23-11-14-51-15-12-23/h5-8,18-24,27,34,40H,1-4,9-17H2,(H,43,47,48). The zero-order chi connectivity index (χ0) is 34.6. The summed E-state index contributed by atoms with van der Waals surface area (Å²) in [6.45, 7) is 2.37. The highest BCUT2D eigenvalue weighted by atomic mass is 16.5. The fraction of sp³-hybridized carbons (Fsp3) is 0.462. The number of aromatic nitrogens is 4. The Morgan fingerprint density at radius 3 is 2.49 bits per heavy atom. The van der Waals surface area contributed by atoms with Crippen LogP contribution in [0.5, 0.6) is 0 Å². The number of piperidine rings is 1. The smallest absolute Gasteiger partial charge is 0.262 e. The average molecular weight is 688 g/mol. The van der Waals surface area contributed by atoms with Crippen molar-refractivity contribution in [3.63, 3.8) is 0 Å². The molecule has 2 saturated carbocycles. The number of amides is 4. The van der Waals surface area contributed by atoms with Crippen molar-refractivity contribution in [2.75, 3.05) is 25.1 Å². The van der Waals surface area contributed by atoms with E-state index in [4.69, 9.17) is 19.8 Å². The van der Waals surface area contributed by atoms with E-state index in [0.29, 0.717) is 23.8 Å². The maximum atomic E-state index is 13.2. The lowest BCUT2D eigenvalue weighted by atomic mass is 9.77. The average Bonchev–Trinajstić information content (AvgIpc) is 3.84. The Balaban J connectivity index is 0.800. The topological polar surface area (TPSA) is 148 Å². The molecule has 2 aromatic carbocycles. The second-order valence-corrected chi connectivity index (χ2v) is 14.8. The number of hydrogen-bond donors (Lipinski definition) is 2. The van der Waals surface area contributed by atoms with E-state index in [-0.39, 0.29) is 29.9 Å². The van der Waals surface area contributed by atoms with Gasteiger partial charge in [-0.1, -0.05) is 6.07 Å². The van der Waals surface area contributed by atoms with Crippen LogP contribution in [0, 0.1) is 5.92 Å². The van der Waals surface area contributed by atoms with Gasteiger partial charge in [0, 0.05) is 49.5 Å². The molecule has 12 heteroatoms. The Bertz CT molecular complexity index is 2060. The Morgan fingerprint density at radius 1 is 0.863 bits per heavy atom. The van der Waals surface area contributed by atoms with Crippen molar-refractivity contribution in [2.45, 2.75) is 88.1 Å². The summed E-state index contributed by atoms with van der Waals surface area (Å²) in [5, 5.41) is 10.8. The number of nitrogens with one attached hydrogen (secondary N) is 2. The molecule has 9 rings (SSSR count). The molecule has 2 aromatic heterocycles. The van der Waals surface area contributed by atoms with Crippen molar-refractivity contribution in [3.8, 4) is 11.3 Å². The zero-order valence-corrected chi connectivity index (χ0v) is 28.5. The monoisotopic (exact) mass is 687 g/mol. The molecule has 5 aliphatic rings. The van der Waals surface area contributed by atoms with Gasteiger partial charge < -0.3 is 10.1 Å². The van der Waals surface area contributed by atoms with Gasteiger partial charge in [-0.25, -0.2) is 4.98 Å². The highest BCUT2D eigenvalue weighted by molar-refractivity contribution is 6.23. The molecule has 2 saturated heterocycles. The summed E-state index contributed by atoms with van der Waals surface area (Å²) in [5.41, 5.74) is 7.70. The SMILES string of the molecule is O=C1CCC(N2C(=O)c3ccc(NCCCC4CC(n5cc(-c6cnc7ccc(C8CCOCC8)cc7n6)c(C6CC6)n5)C4)cc3C2=O)C(=O)N1. The molecule has 0 bridgehead atoms. The number of benzene rings is 2. The van der Waals surface area contributed by atoms with Crippen LogP contribution in [0.2, 0.25) is 0 Å². The molecule has 1 unspecified atom stereocenters. The summed E-state index contributed by atoms with van der Waals surface area (Å²) in [6, 6.07) is 11.1. The van der Waals surface area contributed by atoms with Crippen molar-refractivity contribution in [1.82, 2.24) is 30.0 Å². The Morgan fingerprint density at radius 2 is 1.69 bits per heavy atom. The van der Waals surface area contributed by atoms with E-state index in [1.54, 1.807) is 18.2 Å². The number of hydrogen-bond acceptors (Lipinski definition) is 9. The van der Waals surface area contributed by atoms with Crippen molar-refractivity contribution in [1.29, 1.82) is 0 Å². The molecule has 1 atom stereocenters. The predicted molar refractivity (Wildman–Crippen MR) is 188 cm³/mol. The normalized spacial score (nSPS) is 23.8. The van der Waals surface area contributed by atoms with Crippen LogP contribution in [0.15, 0.2) is 48.8 Å². The van der Waals surface area contributed by atoms with Gasteiger partial charge in [-0.3, -0.25) is 39.1 Å². The summed E-state index contributed by atoms with van der Waals surface area (Å²) >= 11 is 0. The van der Waals surface area contributed by atoms with Gasteiger partial charge in [0.15, 0.2) is 0 Å². The molecule has 0 radical (unpaired) electrons. The number of fused-ring (bicyclic) bond motifs is 2. The number of carbonyl (C=O) groups is 4. The Kier molecular flexibility index (Phi) is 8.13. The maximum Gasteiger partial charge on any atom is 0.262 e. The lowest BCUT2D eigenvalue weighted by Gasteiger charge is -2.35. The van der Waals surface area contributed by atoms with Crippen LogP contribution in [-0.4, -0.2) is 74.1 Å². The number of nitrogens with zero attached hydrogens (tertiary/aromatic N) is 5. The van der Waals surface area contributed by atoms with E-state index >= 15 is 0 Å². The molecule has 262 valence electrons. The van der Waals surface area contributed by atoms with Crippen LogP contribution in [0.25, 0.3) is 22.3 Å². The van der Waals surface area contributed by atoms with Crippen LogP contribution in [0.4, 0.5) is 5.69 Å². The first-order valence-corrected chi connectivity index (χ1v) is 18.4. The molecule has 3 aliphatic heterocycles. The first-order valence-electron chi connectivity index (χ1n) is 18.4. The summed E-state index contributed by atoms with van der Waals surface area (Å²) < 4.78 is 7.76. The summed E-state index contributed by atoms with van der Waals surface area (Å²) in [7, 11) is 0. The van der Waals surface area contributed by atoms with E-state index in [9.17, 15) is 19.2 Å². The largest absolute Gasteiger partial charge is 0.385 e. The molecule has 0 spiro atoms. The number of anilines is 1. The third kappa shape index (κ3) is 6.09. The number of rotatable bonds is 10. The van der Waals surface area contributed by atoms with Crippen LogP contribution < -0.4 is 10.6 Å². The van der Waals surface area contributed by atoms with Crippen LogP contribution >= 0.6 is 0 Å². The molecule has 12 nitrogen and oxygen atoms in total. The number of ether oxygens (including phenoxy) is 1. The fourth-order valence-electron chi connectivity index (χ4n) is 8.25. The van der Waals surface area contributed by atoms with Crippen LogP contribution in [0.1, 0.15) is 114 Å².